The SMILES string of the molecule is COCCn1cnnc1-c1ccc([N+](=O)[O-])cc1C. The lowest BCUT2D eigenvalue weighted by Gasteiger charge is -2.08. The van der Waals surface area contributed by atoms with Crippen molar-refractivity contribution in [1.82, 2.24) is 14.8 Å². The van der Waals surface area contributed by atoms with Crippen LogP contribution in [0.25, 0.3) is 11.4 Å². The zero-order valence-electron chi connectivity index (χ0n) is 10.7. The molecule has 19 heavy (non-hydrogen) atoms. The van der Waals surface area contributed by atoms with Crippen molar-refractivity contribution in [3.05, 3.63) is 40.2 Å². The van der Waals surface area contributed by atoms with Crippen molar-refractivity contribution < 1.29 is 9.66 Å². The van der Waals surface area contributed by atoms with Crippen molar-refractivity contribution in [3.63, 3.8) is 0 Å². The second-order valence-electron chi connectivity index (χ2n) is 4.10. The zero-order chi connectivity index (χ0) is 13.8. The number of ether oxygens (including phenoxy) is 1. The molecule has 0 unspecified atom stereocenters. The Labute approximate surface area is 110 Å². The Morgan fingerprint density at radius 3 is 2.89 bits per heavy atom. The molecule has 0 bridgehead atoms. The summed E-state index contributed by atoms with van der Waals surface area (Å²) in [4.78, 5) is 10.3. The minimum atomic E-state index is -0.410. The standard InChI is InChI=1S/C12H14N4O3/c1-9-7-10(16(17)18)3-4-11(9)12-14-13-8-15(12)5-6-19-2/h3-4,7-8H,5-6H2,1-2H3. The maximum atomic E-state index is 10.7. The highest BCUT2D eigenvalue weighted by Gasteiger charge is 2.13. The van der Waals surface area contributed by atoms with Crippen LogP contribution in [0.3, 0.4) is 0 Å². The van der Waals surface area contributed by atoms with Gasteiger partial charge in [0.1, 0.15) is 6.33 Å². The third-order valence-corrected chi connectivity index (χ3v) is 2.81. The molecule has 0 saturated carbocycles. The Morgan fingerprint density at radius 2 is 2.26 bits per heavy atom. The van der Waals surface area contributed by atoms with E-state index in [2.05, 4.69) is 10.2 Å². The van der Waals surface area contributed by atoms with E-state index in [9.17, 15) is 10.1 Å². The lowest BCUT2D eigenvalue weighted by molar-refractivity contribution is -0.384. The zero-order valence-corrected chi connectivity index (χ0v) is 10.7. The molecule has 1 aromatic heterocycles. The van der Waals surface area contributed by atoms with E-state index in [0.29, 0.717) is 19.0 Å². The van der Waals surface area contributed by atoms with E-state index in [1.807, 2.05) is 11.5 Å². The molecule has 0 N–H and O–H groups in total. The second-order valence-corrected chi connectivity index (χ2v) is 4.10. The van der Waals surface area contributed by atoms with Gasteiger partial charge in [0.15, 0.2) is 5.82 Å². The molecule has 0 aliphatic heterocycles. The summed E-state index contributed by atoms with van der Waals surface area (Å²) in [5.74, 6) is 0.685. The fraction of sp³-hybridized carbons (Fsp3) is 0.333. The summed E-state index contributed by atoms with van der Waals surface area (Å²) in [6.07, 6.45) is 1.62. The Balaban J connectivity index is 2.36. The van der Waals surface area contributed by atoms with Crippen LogP contribution in [0.1, 0.15) is 5.56 Å². The normalized spacial score (nSPS) is 10.6. The van der Waals surface area contributed by atoms with Crippen LogP contribution in [0.5, 0.6) is 0 Å². The molecule has 0 aliphatic rings. The first-order valence-corrected chi connectivity index (χ1v) is 5.75. The minimum Gasteiger partial charge on any atom is -0.383 e. The fourth-order valence-corrected chi connectivity index (χ4v) is 1.83. The van der Waals surface area contributed by atoms with Crippen LogP contribution in [0.15, 0.2) is 24.5 Å². The third-order valence-electron chi connectivity index (χ3n) is 2.81. The van der Waals surface area contributed by atoms with Gasteiger partial charge in [-0.25, -0.2) is 0 Å². The number of rotatable bonds is 5. The average Bonchev–Trinajstić information content (AvgIpc) is 2.84. The molecule has 1 heterocycles. The molecule has 1 aromatic carbocycles. The van der Waals surface area contributed by atoms with Crippen molar-refractivity contribution in [2.24, 2.45) is 0 Å². The molecule has 2 rings (SSSR count). The number of non-ortho nitro benzene ring substituents is 1. The van der Waals surface area contributed by atoms with Crippen molar-refractivity contribution in [3.8, 4) is 11.4 Å². The molecule has 0 aliphatic carbocycles. The Kier molecular flexibility index (Phi) is 3.86. The maximum absolute atomic E-state index is 10.7. The van der Waals surface area contributed by atoms with Crippen LogP contribution >= 0.6 is 0 Å². The van der Waals surface area contributed by atoms with Crippen molar-refractivity contribution in [1.29, 1.82) is 0 Å². The topological polar surface area (TPSA) is 83.1 Å². The molecule has 7 heteroatoms. The second kappa shape index (κ2) is 5.57. The Hall–Kier alpha value is -2.28. The largest absolute Gasteiger partial charge is 0.383 e. The van der Waals surface area contributed by atoms with E-state index in [4.69, 9.17) is 4.74 Å². The first-order chi connectivity index (χ1) is 9.13. The number of nitro groups is 1. The summed E-state index contributed by atoms with van der Waals surface area (Å²) in [6.45, 7) is 3.00. The molecule has 0 amide bonds. The lowest BCUT2D eigenvalue weighted by Crippen LogP contribution is -2.05. The monoisotopic (exact) mass is 262 g/mol. The fourth-order valence-electron chi connectivity index (χ4n) is 1.83. The molecular formula is C12H14N4O3. The van der Waals surface area contributed by atoms with E-state index in [1.54, 1.807) is 19.5 Å². The number of aromatic nitrogens is 3. The summed E-state index contributed by atoms with van der Waals surface area (Å²) in [7, 11) is 1.63. The molecule has 0 fully saturated rings. The van der Waals surface area contributed by atoms with Gasteiger partial charge in [0.2, 0.25) is 0 Å². The van der Waals surface area contributed by atoms with Gasteiger partial charge in [-0.2, -0.15) is 0 Å². The number of aryl methyl sites for hydroxylation is 1. The quantitative estimate of drug-likeness (QED) is 0.606. The molecule has 0 spiro atoms. The van der Waals surface area contributed by atoms with Gasteiger partial charge in [-0.3, -0.25) is 10.1 Å². The smallest absolute Gasteiger partial charge is 0.269 e. The maximum Gasteiger partial charge on any atom is 0.269 e. The highest BCUT2D eigenvalue weighted by atomic mass is 16.6. The first-order valence-electron chi connectivity index (χ1n) is 5.75. The predicted octanol–water partition coefficient (Wildman–Crippen LogP) is 1.81. The van der Waals surface area contributed by atoms with Gasteiger partial charge in [-0.15, -0.1) is 10.2 Å². The summed E-state index contributed by atoms with van der Waals surface area (Å²) < 4.78 is 6.88. The van der Waals surface area contributed by atoms with E-state index in [-0.39, 0.29) is 5.69 Å². The molecule has 100 valence electrons. The van der Waals surface area contributed by atoms with Crippen LogP contribution in [-0.2, 0) is 11.3 Å². The average molecular weight is 262 g/mol. The van der Waals surface area contributed by atoms with Crippen LogP contribution < -0.4 is 0 Å². The first kappa shape index (κ1) is 13.2. The minimum absolute atomic E-state index is 0.0733. The highest BCUT2D eigenvalue weighted by Crippen LogP contribution is 2.25. The highest BCUT2D eigenvalue weighted by molar-refractivity contribution is 5.62. The van der Waals surface area contributed by atoms with E-state index in [1.165, 1.54) is 12.1 Å². The number of hydrogen-bond donors (Lipinski definition) is 0. The van der Waals surface area contributed by atoms with Crippen LogP contribution in [-0.4, -0.2) is 33.4 Å². The van der Waals surface area contributed by atoms with E-state index >= 15 is 0 Å². The van der Waals surface area contributed by atoms with Gasteiger partial charge < -0.3 is 9.30 Å². The van der Waals surface area contributed by atoms with Gasteiger partial charge in [0.05, 0.1) is 11.5 Å². The summed E-state index contributed by atoms with van der Waals surface area (Å²) in [5, 5.41) is 18.7. The van der Waals surface area contributed by atoms with Crippen LogP contribution in [0.2, 0.25) is 0 Å². The van der Waals surface area contributed by atoms with Gasteiger partial charge >= 0.3 is 0 Å². The number of benzene rings is 1. The Bertz CT molecular complexity index is 594. The molecule has 2 aromatic rings. The predicted molar refractivity (Wildman–Crippen MR) is 68.7 cm³/mol. The molecule has 0 radical (unpaired) electrons. The summed E-state index contributed by atoms with van der Waals surface area (Å²) in [6, 6.07) is 4.70. The van der Waals surface area contributed by atoms with Crippen LogP contribution in [0.4, 0.5) is 5.69 Å². The van der Waals surface area contributed by atoms with E-state index < -0.39 is 4.92 Å². The van der Waals surface area contributed by atoms with Crippen molar-refractivity contribution in [2.75, 3.05) is 13.7 Å². The number of nitro benzene ring substituents is 1. The van der Waals surface area contributed by atoms with Gasteiger partial charge in [0, 0.05) is 31.4 Å². The summed E-state index contributed by atoms with van der Waals surface area (Å²) >= 11 is 0. The van der Waals surface area contributed by atoms with Crippen molar-refractivity contribution in [2.45, 2.75) is 13.5 Å². The van der Waals surface area contributed by atoms with Gasteiger partial charge in [-0.05, 0) is 18.6 Å². The summed E-state index contributed by atoms with van der Waals surface area (Å²) in [5.41, 5.74) is 1.70. The number of nitrogens with zero attached hydrogens (tertiary/aromatic N) is 4. The molecule has 0 atom stereocenters. The lowest BCUT2D eigenvalue weighted by atomic mass is 10.1. The van der Waals surface area contributed by atoms with Gasteiger partial charge in [-0.1, -0.05) is 0 Å². The third kappa shape index (κ3) is 2.76. The van der Waals surface area contributed by atoms with Crippen LogP contribution in [0, 0.1) is 17.0 Å². The Morgan fingerprint density at radius 1 is 1.47 bits per heavy atom. The number of hydrogen-bond acceptors (Lipinski definition) is 5. The number of methoxy groups -OCH3 is 1. The van der Waals surface area contributed by atoms with Gasteiger partial charge in [0.25, 0.3) is 5.69 Å². The molecule has 7 nitrogen and oxygen atoms in total. The van der Waals surface area contributed by atoms with Crippen molar-refractivity contribution >= 4 is 5.69 Å². The van der Waals surface area contributed by atoms with E-state index in [0.717, 1.165) is 11.1 Å². The molecular weight excluding hydrogens is 248 g/mol. The molecule has 0 saturated heterocycles.